The molecule has 2 rings (SSSR count). The minimum absolute atomic E-state index is 0.461. The van der Waals surface area contributed by atoms with Crippen molar-refractivity contribution in [3.05, 3.63) is 58.1 Å². The lowest BCUT2D eigenvalue weighted by Gasteiger charge is -2.10. The summed E-state index contributed by atoms with van der Waals surface area (Å²) in [5.41, 5.74) is 0.753. The molecule has 0 bridgehead atoms. The highest BCUT2D eigenvalue weighted by molar-refractivity contribution is 6.32. The van der Waals surface area contributed by atoms with Gasteiger partial charge in [-0.25, -0.2) is 0 Å². The number of aliphatic hydroxyl groups excluding tert-OH is 1. The molecule has 0 aliphatic carbocycles. The van der Waals surface area contributed by atoms with Gasteiger partial charge in [0.15, 0.2) is 0 Å². The largest absolute Gasteiger partial charge is 0.456 e. The lowest BCUT2D eigenvalue weighted by Crippen LogP contribution is -1.92. The summed E-state index contributed by atoms with van der Waals surface area (Å²) in [6, 6.07) is 12.2. The molecule has 2 aromatic carbocycles. The van der Waals surface area contributed by atoms with Crippen LogP contribution in [0.1, 0.15) is 18.6 Å². The minimum atomic E-state index is -0.549. The smallest absolute Gasteiger partial charge is 0.146 e. The van der Waals surface area contributed by atoms with Crippen molar-refractivity contribution >= 4 is 23.2 Å². The van der Waals surface area contributed by atoms with Crippen LogP contribution in [0.3, 0.4) is 0 Å². The number of hydrogen-bond donors (Lipinski definition) is 1. The van der Waals surface area contributed by atoms with E-state index in [2.05, 4.69) is 0 Å². The fraction of sp³-hybridized carbons (Fsp3) is 0.143. The van der Waals surface area contributed by atoms with Crippen LogP contribution in [-0.4, -0.2) is 5.11 Å². The second kappa shape index (κ2) is 5.61. The maximum Gasteiger partial charge on any atom is 0.146 e. The number of rotatable bonds is 3. The third-order valence-electron chi connectivity index (χ3n) is 2.48. The van der Waals surface area contributed by atoms with Crippen LogP contribution in [0, 0.1) is 0 Å². The van der Waals surface area contributed by atoms with Crippen molar-refractivity contribution in [3.8, 4) is 11.5 Å². The second-order valence-corrected chi connectivity index (χ2v) is 4.77. The van der Waals surface area contributed by atoms with Gasteiger partial charge in [-0.3, -0.25) is 0 Å². The molecule has 0 aromatic heterocycles. The molecule has 1 atom stereocenters. The maximum atomic E-state index is 9.45. The molecule has 1 N–H and O–H groups in total. The Balaban J connectivity index is 2.22. The first-order valence-electron chi connectivity index (χ1n) is 5.47. The van der Waals surface area contributed by atoms with E-state index >= 15 is 0 Å². The first kappa shape index (κ1) is 13.2. The van der Waals surface area contributed by atoms with Crippen LogP contribution in [0.4, 0.5) is 0 Å². The van der Waals surface area contributed by atoms with Crippen LogP contribution in [-0.2, 0) is 0 Å². The van der Waals surface area contributed by atoms with E-state index in [0.29, 0.717) is 21.5 Å². The molecule has 2 nitrogen and oxygen atoms in total. The van der Waals surface area contributed by atoms with Gasteiger partial charge in [-0.15, -0.1) is 0 Å². The fourth-order valence-electron chi connectivity index (χ4n) is 1.49. The molecule has 0 fully saturated rings. The summed E-state index contributed by atoms with van der Waals surface area (Å²) in [6.45, 7) is 1.69. The molecular weight excluding hydrogens is 271 g/mol. The van der Waals surface area contributed by atoms with Crippen LogP contribution in [0.5, 0.6) is 11.5 Å². The van der Waals surface area contributed by atoms with Crippen molar-refractivity contribution in [1.82, 2.24) is 0 Å². The van der Waals surface area contributed by atoms with Crippen LogP contribution in [0.25, 0.3) is 0 Å². The maximum absolute atomic E-state index is 9.45. The first-order valence-corrected chi connectivity index (χ1v) is 6.23. The number of halogens is 2. The van der Waals surface area contributed by atoms with Crippen molar-refractivity contribution in [3.63, 3.8) is 0 Å². The van der Waals surface area contributed by atoms with Crippen LogP contribution >= 0.6 is 23.2 Å². The zero-order valence-electron chi connectivity index (χ0n) is 9.73. The SMILES string of the molecule is C[C@H](O)c1ccc(Oc2ccc(Cl)cc2)c(Cl)c1. The fourth-order valence-corrected chi connectivity index (χ4v) is 1.84. The molecular formula is C14H12Cl2O2. The van der Waals surface area contributed by atoms with E-state index in [1.807, 2.05) is 0 Å². The van der Waals surface area contributed by atoms with E-state index in [1.165, 1.54) is 0 Å². The van der Waals surface area contributed by atoms with Gasteiger partial charge in [0.05, 0.1) is 11.1 Å². The highest BCUT2D eigenvalue weighted by atomic mass is 35.5. The van der Waals surface area contributed by atoms with Gasteiger partial charge in [-0.05, 0) is 48.9 Å². The monoisotopic (exact) mass is 282 g/mol. The molecule has 0 saturated carbocycles. The standard InChI is InChI=1S/C14H12Cl2O2/c1-9(17)10-2-7-14(13(16)8-10)18-12-5-3-11(15)4-6-12/h2-9,17H,1H3/t9-/m0/s1. The number of benzene rings is 2. The summed E-state index contributed by atoms with van der Waals surface area (Å²) in [6.07, 6.45) is -0.549. The van der Waals surface area contributed by atoms with Gasteiger partial charge in [0.25, 0.3) is 0 Å². The van der Waals surface area contributed by atoms with Crippen molar-refractivity contribution < 1.29 is 9.84 Å². The average Bonchev–Trinajstić information content (AvgIpc) is 2.34. The van der Waals surface area contributed by atoms with Gasteiger partial charge in [0.1, 0.15) is 11.5 Å². The molecule has 0 radical (unpaired) electrons. The first-order chi connectivity index (χ1) is 8.56. The van der Waals surface area contributed by atoms with Crippen LogP contribution < -0.4 is 4.74 Å². The van der Waals surface area contributed by atoms with E-state index in [0.717, 1.165) is 5.56 Å². The molecule has 18 heavy (non-hydrogen) atoms. The predicted octanol–water partition coefficient (Wildman–Crippen LogP) is 4.84. The van der Waals surface area contributed by atoms with Crippen molar-refractivity contribution in [2.24, 2.45) is 0 Å². The molecule has 0 aliphatic rings. The molecule has 2 aromatic rings. The Hall–Kier alpha value is -1.22. The third-order valence-corrected chi connectivity index (χ3v) is 3.03. The van der Waals surface area contributed by atoms with Gasteiger partial charge in [0.2, 0.25) is 0 Å². The molecule has 0 aliphatic heterocycles. The number of hydrogen-bond acceptors (Lipinski definition) is 2. The summed E-state index contributed by atoms with van der Waals surface area (Å²) in [5, 5.41) is 10.6. The minimum Gasteiger partial charge on any atom is -0.456 e. The van der Waals surface area contributed by atoms with Crippen molar-refractivity contribution in [2.75, 3.05) is 0 Å². The van der Waals surface area contributed by atoms with Gasteiger partial charge in [-0.2, -0.15) is 0 Å². The van der Waals surface area contributed by atoms with Crippen molar-refractivity contribution in [2.45, 2.75) is 13.0 Å². The molecule has 0 unspecified atom stereocenters. The van der Waals surface area contributed by atoms with Crippen LogP contribution in [0.2, 0.25) is 10.0 Å². The molecule has 4 heteroatoms. The van der Waals surface area contributed by atoms with Crippen molar-refractivity contribution in [1.29, 1.82) is 0 Å². The lowest BCUT2D eigenvalue weighted by atomic mass is 10.1. The highest BCUT2D eigenvalue weighted by Crippen LogP contribution is 2.32. The Morgan fingerprint density at radius 3 is 2.28 bits per heavy atom. The zero-order valence-corrected chi connectivity index (χ0v) is 11.2. The molecule has 0 amide bonds. The van der Waals surface area contributed by atoms with Gasteiger partial charge >= 0.3 is 0 Å². The number of aliphatic hydroxyl groups is 1. The van der Waals surface area contributed by atoms with E-state index in [-0.39, 0.29) is 0 Å². The average molecular weight is 283 g/mol. The number of ether oxygens (including phenoxy) is 1. The highest BCUT2D eigenvalue weighted by Gasteiger charge is 2.07. The zero-order chi connectivity index (χ0) is 13.1. The summed E-state index contributed by atoms with van der Waals surface area (Å²) in [5.74, 6) is 1.20. The predicted molar refractivity (Wildman–Crippen MR) is 73.6 cm³/mol. The molecule has 0 saturated heterocycles. The van der Waals surface area contributed by atoms with Gasteiger partial charge < -0.3 is 9.84 Å². The van der Waals surface area contributed by atoms with E-state index < -0.39 is 6.10 Å². The third kappa shape index (κ3) is 3.16. The topological polar surface area (TPSA) is 29.5 Å². The summed E-state index contributed by atoms with van der Waals surface area (Å²) >= 11 is 11.9. The normalized spacial score (nSPS) is 12.2. The van der Waals surface area contributed by atoms with Gasteiger partial charge in [0, 0.05) is 5.02 Å². The Morgan fingerprint density at radius 2 is 1.72 bits per heavy atom. The van der Waals surface area contributed by atoms with Gasteiger partial charge in [-0.1, -0.05) is 29.3 Å². The summed E-state index contributed by atoms with van der Waals surface area (Å²) in [4.78, 5) is 0. The Labute approximate surface area is 116 Å². The molecule has 0 heterocycles. The Morgan fingerprint density at radius 1 is 1.06 bits per heavy atom. The quantitative estimate of drug-likeness (QED) is 0.873. The Kier molecular flexibility index (Phi) is 4.12. The van der Waals surface area contributed by atoms with E-state index in [4.69, 9.17) is 27.9 Å². The lowest BCUT2D eigenvalue weighted by molar-refractivity contribution is 0.199. The molecule has 0 spiro atoms. The molecule has 94 valence electrons. The van der Waals surface area contributed by atoms with Crippen LogP contribution in [0.15, 0.2) is 42.5 Å². The Bertz CT molecular complexity index is 536. The van der Waals surface area contributed by atoms with E-state index in [9.17, 15) is 5.11 Å². The second-order valence-electron chi connectivity index (χ2n) is 3.92. The summed E-state index contributed by atoms with van der Waals surface area (Å²) < 4.78 is 5.63. The van der Waals surface area contributed by atoms with E-state index in [1.54, 1.807) is 49.4 Å². The summed E-state index contributed by atoms with van der Waals surface area (Å²) in [7, 11) is 0.